The van der Waals surface area contributed by atoms with E-state index in [0.29, 0.717) is 24.9 Å². The number of amides is 1. The molecule has 1 heterocycles. The van der Waals surface area contributed by atoms with E-state index in [0.717, 1.165) is 24.3 Å². The number of hydrogen-bond acceptors (Lipinski definition) is 3. The van der Waals surface area contributed by atoms with Crippen molar-refractivity contribution in [3.63, 3.8) is 0 Å². The van der Waals surface area contributed by atoms with Crippen LogP contribution in [-0.4, -0.2) is 37.0 Å². The number of aryl methyl sites for hydroxylation is 2. The Balaban J connectivity index is 1.62. The van der Waals surface area contributed by atoms with Gasteiger partial charge in [-0.3, -0.25) is 9.69 Å². The van der Waals surface area contributed by atoms with Crippen LogP contribution >= 0.6 is 0 Å². The van der Waals surface area contributed by atoms with Gasteiger partial charge in [-0.1, -0.05) is 48.0 Å². The Bertz CT molecular complexity index is 729. The SMILES string of the molecule is Cc1ccc(NC(=O)CN2C[C@@H](CN)[C@H](c3ccccc3)C2)c(C)c1. The Morgan fingerprint density at radius 2 is 1.92 bits per heavy atom. The summed E-state index contributed by atoms with van der Waals surface area (Å²) in [7, 11) is 0. The number of benzene rings is 2. The second-order valence-electron chi connectivity index (χ2n) is 7.07. The molecular weight excluding hydrogens is 310 g/mol. The number of anilines is 1. The van der Waals surface area contributed by atoms with Crippen LogP contribution in [0, 0.1) is 19.8 Å². The summed E-state index contributed by atoms with van der Waals surface area (Å²) in [6.45, 7) is 6.89. The van der Waals surface area contributed by atoms with Gasteiger partial charge in [-0.05, 0) is 43.5 Å². The Kier molecular flexibility index (Phi) is 5.51. The van der Waals surface area contributed by atoms with Crippen LogP contribution in [0.1, 0.15) is 22.6 Å². The summed E-state index contributed by atoms with van der Waals surface area (Å²) in [5.41, 5.74) is 10.5. The number of hydrogen-bond donors (Lipinski definition) is 2. The standard InChI is InChI=1S/C21H27N3O/c1-15-8-9-20(16(2)10-15)23-21(25)14-24-12-18(11-22)19(13-24)17-6-4-3-5-7-17/h3-10,18-19H,11-14,22H2,1-2H3,(H,23,25)/t18-,19+/m1/s1. The van der Waals surface area contributed by atoms with Gasteiger partial charge in [0, 0.05) is 24.7 Å². The first-order valence-corrected chi connectivity index (χ1v) is 8.91. The van der Waals surface area contributed by atoms with E-state index in [1.807, 2.05) is 25.1 Å². The van der Waals surface area contributed by atoms with Gasteiger partial charge in [-0.25, -0.2) is 0 Å². The van der Waals surface area contributed by atoms with Gasteiger partial charge in [0.2, 0.25) is 5.91 Å². The van der Waals surface area contributed by atoms with Crippen molar-refractivity contribution in [3.05, 3.63) is 65.2 Å². The Morgan fingerprint density at radius 1 is 1.16 bits per heavy atom. The number of carbonyl (C=O) groups is 1. The molecule has 1 aliphatic heterocycles. The van der Waals surface area contributed by atoms with Gasteiger partial charge in [0.15, 0.2) is 0 Å². The molecule has 0 radical (unpaired) electrons. The van der Waals surface area contributed by atoms with Gasteiger partial charge in [0.05, 0.1) is 6.54 Å². The first-order chi connectivity index (χ1) is 12.1. The van der Waals surface area contributed by atoms with Crippen LogP contribution in [0.3, 0.4) is 0 Å². The Morgan fingerprint density at radius 3 is 2.60 bits per heavy atom. The third kappa shape index (κ3) is 4.27. The molecule has 2 atom stereocenters. The lowest BCUT2D eigenvalue weighted by atomic mass is 9.89. The summed E-state index contributed by atoms with van der Waals surface area (Å²) in [6.07, 6.45) is 0. The van der Waals surface area contributed by atoms with Crippen LogP contribution in [0.4, 0.5) is 5.69 Å². The van der Waals surface area contributed by atoms with Crippen molar-refractivity contribution >= 4 is 11.6 Å². The average molecular weight is 337 g/mol. The Labute approximate surface area is 150 Å². The zero-order chi connectivity index (χ0) is 17.8. The molecular formula is C21H27N3O. The summed E-state index contributed by atoms with van der Waals surface area (Å²) >= 11 is 0. The largest absolute Gasteiger partial charge is 0.330 e. The van der Waals surface area contributed by atoms with Crippen LogP contribution in [0.25, 0.3) is 0 Å². The summed E-state index contributed by atoms with van der Waals surface area (Å²) in [4.78, 5) is 14.7. The van der Waals surface area contributed by atoms with Crippen LogP contribution in [0.2, 0.25) is 0 Å². The summed E-state index contributed by atoms with van der Waals surface area (Å²) in [5.74, 6) is 0.841. The number of nitrogens with one attached hydrogen (secondary N) is 1. The molecule has 0 aromatic heterocycles. The fourth-order valence-corrected chi connectivity index (χ4v) is 3.75. The van der Waals surface area contributed by atoms with Crippen LogP contribution in [-0.2, 0) is 4.79 Å². The minimum Gasteiger partial charge on any atom is -0.330 e. The molecule has 0 aliphatic carbocycles. The predicted molar refractivity (Wildman–Crippen MR) is 103 cm³/mol. The molecule has 0 spiro atoms. The molecule has 0 bridgehead atoms. The molecule has 0 unspecified atom stereocenters. The molecule has 1 saturated heterocycles. The predicted octanol–water partition coefficient (Wildman–Crippen LogP) is 2.92. The van der Waals surface area contributed by atoms with E-state index in [1.54, 1.807) is 0 Å². The summed E-state index contributed by atoms with van der Waals surface area (Å²) in [5, 5.41) is 3.04. The minimum atomic E-state index is 0.0384. The summed E-state index contributed by atoms with van der Waals surface area (Å²) < 4.78 is 0. The smallest absolute Gasteiger partial charge is 0.238 e. The second kappa shape index (κ2) is 7.81. The lowest BCUT2D eigenvalue weighted by molar-refractivity contribution is -0.117. The van der Waals surface area contributed by atoms with Crippen molar-refractivity contribution in [1.82, 2.24) is 4.90 Å². The van der Waals surface area contributed by atoms with Crippen LogP contribution in [0.5, 0.6) is 0 Å². The van der Waals surface area contributed by atoms with Crippen LogP contribution in [0.15, 0.2) is 48.5 Å². The lowest BCUT2D eigenvalue weighted by Gasteiger charge is -2.17. The normalized spacial score (nSPS) is 20.6. The molecule has 25 heavy (non-hydrogen) atoms. The van der Waals surface area contributed by atoms with E-state index >= 15 is 0 Å². The van der Waals surface area contributed by atoms with Crippen molar-refractivity contribution in [3.8, 4) is 0 Å². The molecule has 132 valence electrons. The molecule has 3 rings (SSSR count). The maximum atomic E-state index is 12.5. The van der Waals surface area contributed by atoms with E-state index in [1.165, 1.54) is 11.1 Å². The molecule has 2 aromatic rings. The summed E-state index contributed by atoms with van der Waals surface area (Å²) in [6, 6.07) is 16.6. The second-order valence-corrected chi connectivity index (χ2v) is 7.07. The van der Waals surface area contributed by atoms with Crippen molar-refractivity contribution in [1.29, 1.82) is 0 Å². The topological polar surface area (TPSA) is 58.4 Å². The van der Waals surface area contributed by atoms with Gasteiger partial charge in [0.25, 0.3) is 0 Å². The maximum Gasteiger partial charge on any atom is 0.238 e. The average Bonchev–Trinajstić information content (AvgIpc) is 3.01. The quantitative estimate of drug-likeness (QED) is 0.882. The molecule has 4 heteroatoms. The maximum absolute atomic E-state index is 12.5. The van der Waals surface area contributed by atoms with Crippen molar-refractivity contribution in [2.24, 2.45) is 11.7 Å². The first kappa shape index (κ1) is 17.6. The highest BCUT2D eigenvalue weighted by Gasteiger charge is 2.33. The van der Waals surface area contributed by atoms with Gasteiger partial charge in [0.1, 0.15) is 0 Å². The molecule has 4 nitrogen and oxygen atoms in total. The number of carbonyl (C=O) groups excluding carboxylic acids is 1. The van der Waals surface area contributed by atoms with Gasteiger partial charge in [-0.15, -0.1) is 0 Å². The van der Waals surface area contributed by atoms with Crippen molar-refractivity contribution in [2.45, 2.75) is 19.8 Å². The van der Waals surface area contributed by atoms with Crippen LogP contribution < -0.4 is 11.1 Å². The van der Waals surface area contributed by atoms with E-state index in [9.17, 15) is 4.79 Å². The minimum absolute atomic E-state index is 0.0384. The van der Waals surface area contributed by atoms with E-state index in [-0.39, 0.29) is 5.91 Å². The zero-order valence-electron chi connectivity index (χ0n) is 15.0. The highest BCUT2D eigenvalue weighted by molar-refractivity contribution is 5.93. The monoisotopic (exact) mass is 337 g/mol. The van der Waals surface area contributed by atoms with Gasteiger partial charge in [-0.2, -0.15) is 0 Å². The van der Waals surface area contributed by atoms with E-state index < -0.39 is 0 Å². The number of nitrogens with two attached hydrogens (primary N) is 1. The third-order valence-electron chi connectivity index (χ3n) is 5.07. The fraction of sp³-hybridized carbons (Fsp3) is 0.381. The number of nitrogens with zero attached hydrogens (tertiary/aromatic N) is 1. The lowest BCUT2D eigenvalue weighted by Crippen LogP contribution is -2.32. The molecule has 3 N–H and O–H groups in total. The number of rotatable bonds is 5. The third-order valence-corrected chi connectivity index (χ3v) is 5.07. The van der Waals surface area contributed by atoms with Gasteiger partial charge < -0.3 is 11.1 Å². The Hall–Kier alpha value is -2.17. The number of likely N-dealkylation sites (tertiary alicyclic amines) is 1. The molecule has 1 amide bonds. The van der Waals surface area contributed by atoms with E-state index in [2.05, 4.69) is 47.5 Å². The molecule has 1 fully saturated rings. The van der Waals surface area contributed by atoms with E-state index in [4.69, 9.17) is 5.73 Å². The molecule has 2 aromatic carbocycles. The zero-order valence-corrected chi connectivity index (χ0v) is 15.0. The van der Waals surface area contributed by atoms with Crippen molar-refractivity contribution in [2.75, 3.05) is 31.5 Å². The highest BCUT2D eigenvalue weighted by Crippen LogP contribution is 2.31. The van der Waals surface area contributed by atoms with Crippen molar-refractivity contribution < 1.29 is 4.79 Å². The fourth-order valence-electron chi connectivity index (χ4n) is 3.75. The molecule has 0 saturated carbocycles. The first-order valence-electron chi connectivity index (χ1n) is 8.91. The van der Waals surface area contributed by atoms with Gasteiger partial charge >= 0.3 is 0 Å². The molecule has 1 aliphatic rings. The highest BCUT2D eigenvalue weighted by atomic mass is 16.2.